The van der Waals surface area contributed by atoms with Crippen LogP contribution in [0.1, 0.15) is 24.3 Å². The van der Waals surface area contributed by atoms with Crippen molar-refractivity contribution in [3.63, 3.8) is 0 Å². The first kappa shape index (κ1) is 14.6. The van der Waals surface area contributed by atoms with Crippen molar-refractivity contribution in [2.45, 2.75) is 38.9 Å². The highest BCUT2D eigenvalue weighted by atomic mass is 32.1. The molecule has 1 aliphatic rings. The number of nitrogens with zero attached hydrogens (tertiary/aromatic N) is 5. The van der Waals surface area contributed by atoms with Gasteiger partial charge in [-0.2, -0.15) is 5.10 Å². The van der Waals surface area contributed by atoms with Gasteiger partial charge in [0.2, 0.25) is 0 Å². The standard InChI is InChI=1S/C16H19N5OS/c1-12-4-5-15(22-12)16-19-13(9-23-16)7-20-6-2-3-14(20)8-21-11-17-10-18-21/h4-5,9-11,14H,2-3,6-8H2,1H3/t14-/m0/s1. The van der Waals surface area contributed by atoms with Gasteiger partial charge in [-0.1, -0.05) is 0 Å². The first-order valence-electron chi connectivity index (χ1n) is 7.85. The van der Waals surface area contributed by atoms with Gasteiger partial charge in [-0.3, -0.25) is 9.58 Å². The van der Waals surface area contributed by atoms with Crippen LogP contribution >= 0.6 is 11.3 Å². The molecule has 0 unspecified atom stereocenters. The average Bonchev–Trinajstić information content (AvgIpc) is 3.29. The summed E-state index contributed by atoms with van der Waals surface area (Å²) in [6, 6.07) is 4.47. The lowest BCUT2D eigenvalue weighted by Gasteiger charge is -2.23. The van der Waals surface area contributed by atoms with Crippen LogP contribution in [0.15, 0.2) is 34.6 Å². The first-order valence-corrected chi connectivity index (χ1v) is 8.73. The third-order valence-corrected chi connectivity index (χ3v) is 5.14. The summed E-state index contributed by atoms with van der Waals surface area (Å²) in [6.07, 6.45) is 5.82. The molecule has 0 aromatic carbocycles. The van der Waals surface area contributed by atoms with E-state index in [4.69, 9.17) is 9.40 Å². The molecule has 6 nitrogen and oxygen atoms in total. The molecule has 0 N–H and O–H groups in total. The zero-order chi connectivity index (χ0) is 15.6. The van der Waals surface area contributed by atoms with E-state index in [1.807, 2.05) is 23.7 Å². The molecule has 1 aliphatic heterocycles. The molecule has 3 aromatic rings. The van der Waals surface area contributed by atoms with Gasteiger partial charge in [0.05, 0.1) is 12.2 Å². The predicted octanol–water partition coefficient (Wildman–Crippen LogP) is 2.97. The normalized spacial score (nSPS) is 18.7. The lowest BCUT2D eigenvalue weighted by molar-refractivity contribution is 0.217. The van der Waals surface area contributed by atoms with Gasteiger partial charge in [-0.05, 0) is 38.4 Å². The Morgan fingerprint density at radius 2 is 2.35 bits per heavy atom. The average molecular weight is 329 g/mol. The summed E-state index contributed by atoms with van der Waals surface area (Å²) in [5.41, 5.74) is 1.12. The summed E-state index contributed by atoms with van der Waals surface area (Å²) in [5, 5.41) is 7.32. The molecule has 0 bridgehead atoms. The van der Waals surface area contributed by atoms with Gasteiger partial charge in [-0.25, -0.2) is 9.97 Å². The van der Waals surface area contributed by atoms with Crippen LogP contribution in [0, 0.1) is 6.92 Å². The molecule has 1 fully saturated rings. The van der Waals surface area contributed by atoms with Gasteiger partial charge in [0, 0.05) is 18.0 Å². The first-order chi connectivity index (χ1) is 11.3. The molecule has 4 heterocycles. The maximum atomic E-state index is 5.66. The third-order valence-electron chi connectivity index (χ3n) is 4.23. The molecule has 3 aromatic heterocycles. The van der Waals surface area contributed by atoms with Crippen molar-refractivity contribution in [3.8, 4) is 10.8 Å². The summed E-state index contributed by atoms with van der Waals surface area (Å²) in [7, 11) is 0. The Bertz CT molecular complexity index is 763. The van der Waals surface area contributed by atoms with Crippen molar-refractivity contribution in [2.24, 2.45) is 0 Å². The fraction of sp³-hybridized carbons (Fsp3) is 0.438. The zero-order valence-electron chi connectivity index (χ0n) is 13.1. The van der Waals surface area contributed by atoms with Gasteiger partial charge >= 0.3 is 0 Å². The summed E-state index contributed by atoms with van der Waals surface area (Å²) in [5.74, 6) is 1.78. The van der Waals surface area contributed by atoms with Gasteiger partial charge in [-0.15, -0.1) is 11.3 Å². The maximum Gasteiger partial charge on any atom is 0.162 e. The Balaban J connectivity index is 1.44. The number of hydrogen-bond acceptors (Lipinski definition) is 6. The number of rotatable bonds is 5. The van der Waals surface area contributed by atoms with E-state index in [-0.39, 0.29) is 0 Å². The lowest BCUT2D eigenvalue weighted by atomic mass is 10.2. The van der Waals surface area contributed by atoms with Crippen LogP contribution in [-0.2, 0) is 13.1 Å². The predicted molar refractivity (Wildman–Crippen MR) is 88.0 cm³/mol. The maximum absolute atomic E-state index is 5.66. The molecule has 0 aliphatic carbocycles. The van der Waals surface area contributed by atoms with Crippen LogP contribution in [0.25, 0.3) is 10.8 Å². The van der Waals surface area contributed by atoms with Crippen molar-refractivity contribution in [1.29, 1.82) is 0 Å². The van der Waals surface area contributed by atoms with Crippen LogP contribution < -0.4 is 0 Å². The van der Waals surface area contributed by atoms with E-state index in [9.17, 15) is 0 Å². The van der Waals surface area contributed by atoms with E-state index < -0.39 is 0 Å². The topological polar surface area (TPSA) is 60.0 Å². The molecule has 4 rings (SSSR count). The Morgan fingerprint density at radius 1 is 1.39 bits per heavy atom. The van der Waals surface area contributed by atoms with E-state index in [1.165, 1.54) is 12.8 Å². The molecule has 0 saturated carbocycles. The van der Waals surface area contributed by atoms with Crippen molar-refractivity contribution in [3.05, 3.63) is 41.6 Å². The number of furan rings is 1. The molecular formula is C16H19N5OS. The molecule has 0 radical (unpaired) electrons. The van der Waals surface area contributed by atoms with Gasteiger partial charge in [0.25, 0.3) is 0 Å². The molecule has 1 saturated heterocycles. The molecule has 1 atom stereocenters. The second kappa shape index (κ2) is 6.25. The quantitative estimate of drug-likeness (QED) is 0.720. The fourth-order valence-corrected chi connectivity index (χ4v) is 3.87. The molecule has 0 amide bonds. The van der Waals surface area contributed by atoms with Crippen molar-refractivity contribution >= 4 is 11.3 Å². The SMILES string of the molecule is Cc1ccc(-c2nc(CN3CCC[C@H]3Cn3cncn3)cs2)o1. The summed E-state index contributed by atoms with van der Waals surface area (Å²) in [6.45, 7) is 4.85. The van der Waals surface area contributed by atoms with Crippen LogP contribution in [0.2, 0.25) is 0 Å². The number of aromatic nitrogens is 4. The third kappa shape index (κ3) is 3.20. The Kier molecular flexibility index (Phi) is 3.97. The highest BCUT2D eigenvalue weighted by Gasteiger charge is 2.25. The zero-order valence-corrected chi connectivity index (χ0v) is 13.9. The number of hydrogen-bond donors (Lipinski definition) is 0. The highest BCUT2D eigenvalue weighted by molar-refractivity contribution is 7.13. The van der Waals surface area contributed by atoms with Gasteiger partial charge in [0.15, 0.2) is 10.8 Å². The smallest absolute Gasteiger partial charge is 0.162 e. The monoisotopic (exact) mass is 329 g/mol. The minimum atomic E-state index is 0.507. The van der Waals surface area contributed by atoms with E-state index in [0.717, 1.165) is 41.9 Å². The fourth-order valence-electron chi connectivity index (χ4n) is 3.10. The molecule has 7 heteroatoms. The van der Waals surface area contributed by atoms with Crippen molar-refractivity contribution in [2.75, 3.05) is 6.54 Å². The van der Waals surface area contributed by atoms with E-state index in [0.29, 0.717) is 6.04 Å². The summed E-state index contributed by atoms with van der Waals surface area (Å²) in [4.78, 5) is 11.3. The Hall–Kier alpha value is -1.99. The highest BCUT2D eigenvalue weighted by Crippen LogP contribution is 2.27. The van der Waals surface area contributed by atoms with Crippen LogP contribution in [0.3, 0.4) is 0 Å². The van der Waals surface area contributed by atoms with E-state index in [1.54, 1.807) is 24.0 Å². The largest absolute Gasteiger partial charge is 0.459 e. The van der Waals surface area contributed by atoms with E-state index >= 15 is 0 Å². The van der Waals surface area contributed by atoms with Crippen LogP contribution in [0.4, 0.5) is 0 Å². The second-order valence-corrected chi connectivity index (χ2v) is 6.80. The lowest BCUT2D eigenvalue weighted by Crippen LogP contribution is -2.32. The van der Waals surface area contributed by atoms with Crippen molar-refractivity contribution in [1.82, 2.24) is 24.6 Å². The van der Waals surface area contributed by atoms with Crippen molar-refractivity contribution < 1.29 is 4.42 Å². The van der Waals surface area contributed by atoms with Gasteiger partial charge in [0.1, 0.15) is 18.4 Å². The van der Waals surface area contributed by atoms with Gasteiger partial charge < -0.3 is 4.42 Å². The summed E-state index contributed by atoms with van der Waals surface area (Å²) < 4.78 is 7.58. The van der Waals surface area contributed by atoms with Crippen LogP contribution in [0.5, 0.6) is 0 Å². The minimum Gasteiger partial charge on any atom is -0.459 e. The van der Waals surface area contributed by atoms with Crippen LogP contribution in [-0.4, -0.2) is 37.2 Å². The Labute approximate surface area is 138 Å². The molecular weight excluding hydrogens is 310 g/mol. The number of aryl methyl sites for hydroxylation is 1. The number of thiazole rings is 1. The number of likely N-dealkylation sites (tertiary alicyclic amines) is 1. The molecule has 120 valence electrons. The second-order valence-electron chi connectivity index (χ2n) is 5.94. The van der Waals surface area contributed by atoms with E-state index in [2.05, 4.69) is 20.4 Å². The molecule has 0 spiro atoms. The Morgan fingerprint density at radius 3 is 3.13 bits per heavy atom. The molecule has 23 heavy (non-hydrogen) atoms. The summed E-state index contributed by atoms with van der Waals surface area (Å²) >= 11 is 1.65. The minimum absolute atomic E-state index is 0.507.